The first-order valence-electron chi connectivity index (χ1n) is 13.2. The van der Waals surface area contributed by atoms with Crippen LogP contribution in [0.4, 0.5) is 0 Å². The minimum Gasteiger partial charge on any atom is -0.388 e. The van der Waals surface area contributed by atoms with E-state index in [1.165, 1.54) is 17.1 Å². The van der Waals surface area contributed by atoms with Crippen LogP contribution in [-0.2, 0) is 16.1 Å². The van der Waals surface area contributed by atoms with Gasteiger partial charge < -0.3 is 14.7 Å². The van der Waals surface area contributed by atoms with Crippen molar-refractivity contribution in [2.24, 2.45) is 5.92 Å². The Morgan fingerprint density at radius 2 is 1.68 bits per heavy atom. The van der Waals surface area contributed by atoms with Crippen molar-refractivity contribution >= 4 is 16.9 Å². The minimum absolute atomic E-state index is 0.00949. The Balaban J connectivity index is 1.16. The summed E-state index contributed by atoms with van der Waals surface area (Å²) in [6.07, 6.45) is 5.36. The fourth-order valence-electron chi connectivity index (χ4n) is 5.50. The van der Waals surface area contributed by atoms with Crippen LogP contribution in [0.3, 0.4) is 0 Å². The van der Waals surface area contributed by atoms with Crippen LogP contribution in [-0.4, -0.2) is 67.1 Å². The smallest absolute Gasteiger partial charge is 0.264 e. The van der Waals surface area contributed by atoms with Crippen LogP contribution in [0, 0.1) is 5.92 Å². The van der Waals surface area contributed by atoms with E-state index in [4.69, 9.17) is 4.74 Å². The molecular formula is C29H31N5O4. The van der Waals surface area contributed by atoms with Crippen LogP contribution in [0.1, 0.15) is 25.7 Å². The van der Waals surface area contributed by atoms with Crippen molar-refractivity contribution in [3.05, 3.63) is 77.5 Å². The average molecular weight is 514 g/mol. The van der Waals surface area contributed by atoms with Gasteiger partial charge in [-0.3, -0.25) is 14.2 Å². The number of piperidine rings is 1. The molecule has 2 aliphatic heterocycles. The maximum absolute atomic E-state index is 13.3. The van der Waals surface area contributed by atoms with Gasteiger partial charge >= 0.3 is 0 Å². The van der Waals surface area contributed by atoms with Crippen molar-refractivity contribution in [1.29, 1.82) is 0 Å². The molecule has 0 radical (unpaired) electrons. The molecular weight excluding hydrogens is 482 g/mol. The number of carbonyl (C=O) groups excluding carboxylic acids is 1. The third kappa shape index (κ3) is 4.75. The predicted octanol–water partition coefficient (Wildman–Crippen LogP) is 3.03. The molecule has 0 unspecified atom stereocenters. The summed E-state index contributed by atoms with van der Waals surface area (Å²) in [6.45, 7) is 2.34. The SMILES string of the molecule is O=C(C1CCOCC1)N1CCC(O)(Cn2cnc3c(cnn3-c3ccc(-c4ccccc4)cc3)c2=O)CC1. The molecule has 4 aromatic rings. The second-order valence-corrected chi connectivity index (χ2v) is 10.3. The molecule has 2 aromatic heterocycles. The number of benzene rings is 2. The van der Waals surface area contributed by atoms with Crippen molar-refractivity contribution in [2.75, 3.05) is 26.3 Å². The van der Waals surface area contributed by atoms with Crippen molar-refractivity contribution in [1.82, 2.24) is 24.2 Å². The molecule has 0 saturated carbocycles. The zero-order valence-electron chi connectivity index (χ0n) is 21.2. The van der Waals surface area contributed by atoms with E-state index in [2.05, 4.69) is 22.2 Å². The lowest BCUT2D eigenvalue weighted by Crippen LogP contribution is -2.51. The Morgan fingerprint density at radius 3 is 2.39 bits per heavy atom. The van der Waals surface area contributed by atoms with Gasteiger partial charge in [-0.05, 0) is 48.9 Å². The quantitative estimate of drug-likeness (QED) is 0.440. The molecule has 0 bridgehead atoms. The topological polar surface area (TPSA) is 102 Å². The largest absolute Gasteiger partial charge is 0.388 e. The molecule has 4 heterocycles. The number of aliphatic hydroxyl groups is 1. The second kappa shape index (κ2) is 10.2. The van der Waals surface area contributed by atoms with Gasteiger partial charge in [0.25, 0.3) is 5.56 Å². The van der Waals surface area contributed by atoms with E-state index in [9.17, 15) is 14.7 Å². The van der Waals surface area contributed by atoms with Crippen molar-refractivity contribution in [3.63, 3.8) is 0 Å². The zero-order valence-corrected chi connectivity index (χ0v) is 21.2. The number of likely N-dealkylation sites (tertiary alicyclic amines) is 1. The summed E-state index contributed by atoms with van der Waals surface area (Å²) in [5.74, 6) is 0.162. The van der Waals surface area contributed by atoms with Crippen molar-refractivity contribution < 1.29 is 14.6 Å². The van der Waals surface area contributed by atoms with Gasteiger partial charge in [0, 0.05) is 32.2 Å². The van der Waals surface area contributed by atoms with Crippen LogP contribution in [0.5, 0.6) is 0 Å². The molecule has 196 valence electrons. The highest BCUT2D eigenvalue weighted by Gasteiger charge is 2.36. The van der Waals surface area contributed by atoms with Gasteiger partial charge in [0.2, 0.25) is 5.91 Å². The number of nitrogens with zero attached hydrogens (tertiary/aromatic N) is 5. The molecule has 38 heavy (non-hydrogen) atoms. The molecule has 2 fully saturated rings. The monoisotopic (exact) mass is 513 g/mol. The lowest BCUT2D eigenvalue weighted by atomic mass is 9.89. The predicted molar refractivity (Wildman–Crippen MR) is 143 cm³/mol. The number of hydrogen-bond acceptors (Lipinski definition) is 6. The minimum atomic E-state index is -1.07. The number of rotatable bonds is 5. The molecule has 1 N–H and O–H groups in total. The second-order valence-electron chi connectivity index (χ2n) is 10.3. The third-order valence-corrected chi connectivity index (χ3v) is 7.81. The summed E-state index contributed by atoms with van der Waals surface area (Å²) >= 11 is 0. The molecule has 2 saturated heterocycles. The van der Waals surface area contributed by atoms with E-state index in [1.54, 1.807) is 4.68 Å². The third-order valence-electron chi connectivity index (χ3n) is 7.81. The Hall–Kier alpha value is -3.82. The highest BCUT2D eigenvalue weighted by molar-refractivity contribution is 5.79. The maximum atomic E-state index is 13.3. The average Bonchev–Trinajstić information content (AvgIpc) is 3.41. The van der Waals surface area contributed by atoms with E-state index in [1.807, 2.05) is 47.4 Å². The fourth-order valence-corrected chi connectivity index (χ4v) is 5.50. The molecule has 0 spiro atoms. The number of hydrogen-bond donors (Lipinski definition) is 1. The normalized spacial score (nSPS) is 18.1. The lowest BCUT2D eigenvalue weighted by molar-refractivity contribution is -0.143. The highest BCUT2D eigenvalue weighted by Crippen LogP contribution is 2.27. The summed E-state index contributed by atoms with van der Waals surface area (Å²) in [6, 6.07) is 18.1. The van der Waals surface area contributed by atoms with Crippen molar-refractivity contribution in [3.8, 4) is 16.8 Å². The molecule has 2 aliphatic rings. The number of ether oxygens (including phenoxy) is 1. The molecule has 0 atom stereocenters. The number of amides is 1. The highest BCUT2D eigenvalue weighted by atomic mass is 16.5. The standard InChI is InChI=1S/C29H31N5O4/c35-27(23-10-16-38-17-11-23)32-14-12-29(37,13-15-32)19-33-20-30-26-25(28(33)36)18-31-34(26)24-8-6-22(7-9-24)21-4-2-1-3-5-21/h1-9,18,20,23,37H,10-17,19H2. The molecule has 2 aromatic carbocycles. The fraction of sp³-hybridized carbons (Fsp3) is 0.379. The number of fused-ring (bicyclic) bond motifs is 1. The maximum Gasteiger partial charge on any atom is 0.264 e. The van der Waals surface area contributed by atoms with Crippen LogP contribution < -0.4 is 5.56 Å². The first-order chi connectivity index (χ1) is 18.5. The van der Waals surface area contributed by atoms with Gasteiger partial charge in [0.15, 0.2) is 5.65 Å². The molecule has 0 aliphatic carbocycles. The summed E-state index contributed by atoms with van der Waals surface area (Å²) in [7, 11) is 0. The van der Waals surface area contributed by atoms with Gasteiger partial charge in [0.1, 0.15) is 11.7 Å². The van der Waals surface area contributed by atoms with E-state index in [0.717, 1.165) is 29.7 Å². The molecule has 1 amide bonds. The number of aromatic nitrogens is 4. The van der Waals surface area contributed by atoms with E-state index in [-0.39, 0.29) is 23.9 Å². The zero-order chi connectivity index (χ0) is 26.1. The van der Waals surface area contributed by atoms with Gasteiger partial charge in [-0.2, -0.15) is 5.10 Å². The van der Waals surface area contributed by atoms with Gasteiger partial charge in [-0.25, -0.2) is 9.67 Å². The van der Waals surface area contributed by atoms with Gasteiger partial charge in [-0.15, -0.1) is 0 Å². The van der Waals surface area contributed by atoms with Gasteiger partial charge in [0.05, 0.1) is 24.0 Å². The summed E-state index contributed by atoms with van der Waals surface area (Å²) in [5.41, 5.74) is 2.19. The van der Waals surface area contributed by atoms with Crippen molar-refractivity contribution in [2.45, 2.75) is 37.8 Å². The first-order valence-corrected chi connectivity index (χ1v) is 13.2. The van der Waals surface area contributed by atoms with E-state index >= 15 is 0 Å². The lowest BCUT2D eigenvalue weighted by Gasteiger charge is -2.40. The Kier molecular flexibility index (Phi) is 6.55. The summed E-state index contributed by atoms with van der Waals surface area (Å²) < 4.78 is 8.49. The summed E-state index contributed by atoms with van der Waals surface area (Å²) in [4.78, 5) is 32.5. The Bertz CT molecular complexity index is 1480. The molecule has 9 nitrogen and oxygen atoms in total. The Labute approximate surface area is 220 Å². The van der Waals surface area contributed by atoms with Gasteiger partial charge in [-0.1, -0.05) is 42.5 Å². The van der Waals surface area contributed by atoms with Crippen LogP contribution in [0.15, 0.2) is 71.9 Å². The summed E-state index contributed by atoms with van der Waals surface area (Å²) in [5, 5.41) is 16.1. The van der Waals surface area contributed by atoms with Crippen LogP contribution in [0.25, 0.3) is 27.8 Å². The molecule has 6 rings (SSSR count). The van der Waals surface area contributed by atoms with Crippen LogP contribution >= 0.6 is 0 Å². The number of carbonyl (C=O) groups is 1. The van der Waals surface area contributed by atoms with E-state index < -0.39 is 5.60 Å². The van der Waals surface area contributed by atoms with Crippen LogP contribution in [0.2, 0.25) is 0 Å². The molecule has 9 heteroatoms. The first kappa shape index (κ1) is 24.5. The van der Waals surface area contributed by atoms with E-state index in [0.29, 0.717) is 50.2 Å². The Morgan fingerprint density at radius 1 is 1.00 bits per heavy atom.